The Morgan fingerprint density at radius 2 is 1.59 bits per heavy atom. The minimum Gasteiger partial charge on any atom is -0.325 e. The molecule has 0 aliphatic heterocycles. The van der Waals surface area contributed by atoms with Crippen molar-refractivity contribution in [2.24, 2.45) is 21.4 Å². The maximum absolute atomic E-state index is 13.7. The highest BCUT2D eigenvalue weighted by Gasteiger charge is 2.71. The second-order valence-corrected chi connectivity index (χ2v) is 10.7. The molecule has 0 aromatic heterocycles. The van der Waals surface area contributed by atoms with Gasteiger partial charge in [0.15, 0.2) is 0 Å². The second-order valence-electron chi connectivity index (χ2n) is 10.7. The highest BCUT2D eigenvalue weighted by Crippen LogP contribution is 2.71. The number of anilines is 1. The van der Waals surface area contributed by atoms with Crippen molar-refractivity contribution in [2.75, 3.05) is 5.32 Å². The molecule has 11 heteroatoms. The topological polar surface area (TPSA) is 154 Å². The van der Waals surface area contributed by atoms with Crippen molar-refractivity contribution in [1.82, 2.24) is 0 Å². The van der Waals surface area contributed by atoms with Crippen LogP contribution in [0, 0.1) is 50.3 Å². The molecule has 2 bridgehead atoms. The Hall–Kier alpha value is -4.15. The Morgan fingerprint density at radius 1 is 0.973 bits per heavy atom. The molecule has 2 aliphatic rings. The minimum absolute atomic E-state index is 0.124. The molecule has 2 aromatic rings. The third-order valence-corrected chi connectivity index (χ3v) is 8.61. The van der Waals surface area contributed by atoms with Gasteiger partial charge in [-0.1, -0.05) is 38.1 Å². The summed E-state index contributed by atoms with van der Waals surface area (Å²) in [4.78, 5) is 52.2. The molecule has 2 unspecified atom stereocenters. The molecule has 2 atom stereocenters. The fraction of sp³-hybridized carbons (Fsp3) is 0.423. The van der Waals surface area contributed by atoms with Crippen LogP contribution >= 0.6 is 0 Å². The normalized spacial score (nSPS) is 24.6. The van der Waals surface area contributed by atoms with Crippen LogP contribution in [-0.4, -0.2) is 27.4 Å². The van der Waals surface area contributed by atoms with Gasteiger partial charge in [-0.2, -0.15) is 0 Å². The number of carbonyl (C=O) groups excluding carboxylic acids is 2. The Balaban J connectivity index is 1.62. The van der Waals surface area contributed by atoms with Gasteiger partial charge in [0.1, 0.15) is 0 Å². The lowest BCUT2D eigenvalue weighted by Crippen LogP contribution is -2.43. The molecule has 0 spiro atoms. The number of amides is 1. The molecule has 0 saturated heterocycles. The standard InChI is InChI=1S/C26H28N4O7/c1-15-6-7-16(2)20(10-15)27-23(32)26-9-8-25(5,24(26,3)4)21(14-26)28-37-22(31)17-11-18(29(33)34)13-19(12-17)30(35)36/h6-7,10-13H,8-9,14H2,1-5H3,(H,27,32)/b28-21-. The number of nitrogens with zero attached hydrogens (tertiary/aromatic N) is 3. The highest BCUT2D eigenvalue weighted by molar-refractivity contribution is 6.06. The lowest BCUT2D eigenvalue weighted by atomic mass is 9.64. The smallest absolute Gasteiger partial charge is 0.325 e. The molecule has 1 N–H and O–H groups in total. The number of hydrogen-bond acceptors (Lipinski definition) is 8. The maximum atomic E-state index is 13.7. The van der Waals surface area contributed by atoms with Gasteiger partial charge in [0, 0.05) is 29.7 Å². The number of fused-ring (bicyclic) bond motifs is 2. The fourth-order valence-electron chi connectivity index (χ4n) is 5.71. The first kappa shape index (κ1) is 25.9. The van der Waals surface area contributed by atoms with Crippen LogP contribution in [-0.2, 0) is 9.63 Å². The average molecular weight is 509 g/mol. The van der Waals surface area contributed by atoms with Gasteiger partial charge in [0.05, 0.1) is 32.6 Å². The van der Waals surface area contributed by atoms with Gasteiger partial charge in [-0.3, -0.25) is 25.0 Å². The Labute approximate surface area is 213 Å². The van der Waals surface area contributed by atoms with Crippen molar-refractivity contribution in [3.63, 3.8) is 0 Å². The summed E-state index contributed by atoms with van der Waals surface area (Å²) >= 11 is 0. The number of rotatable bonds is 6. The lowest BCUT2D eigenvalue weighted by Gasteiger charge is -2.39. The number of aryl methyl sites for hydroxylation is 2. The third kappa shape index (κ3) is 4.04. The number of carbonyl (C=O) groups is 2. The highest BCUT2D eigenvalue weighted by atomic mass is 16.7. The van der Waals surface area contributed by atoms with E-state index in [0.717, 1.165) is 35.0 Å². The first-order valence-electron chi connectivity index (χ1n) is 11.8. The minimum atomic E-state index is -1.06. The monoisotopic (exact) mass is 508 g/mol. The van der Waals surface area contributed by atoms with E-state index in [9.17, 15) is 29.8 Å². The van der Waals surface area contributed by atoms with Crippen molar-refractivity contribution in [2.45, 2.75) is 53.9 Å². The number of nitro benzene ring substituents is 2. The quantitative estimate of drug-likeness (QED) is 0.307. The molecule has 37 heavy (non-hydrogen) atoms. The van der Waals surface area contributed by atoms with Crippen molar-refractivity contribution >= 4 is 34.7 Å². The zero-order valence-corrected chi connectivity index (χ0v) is 21.3. The van der Waals surface area contributed by atoms with Gasteiger partial charge in [-0.15, -0.1) is 0 Å². The molecule has 1 amide bonds. The molecule has 2 fully saturated rings. The van der Waals surface area contributed by atoms with E-state index in [0.29, 0.717) is 18.6 Å². The Bertz CT molecular complexity index is 1350. The molecule has 0 radical (unpaired) electrons. The summed E-state index contributed by atoms with van der Waals surface area (Å²) in [5.41, 5.74) is -0.170. The van der Waals surface area contributed by atoms with Crippen LogP contribution in [0.5, 0.6) is 0 Å². The SMILES string of the molecule is Cc1ccc(C)c(NC(=O)C23CCC(C)(/C(=N\OC(=O)c4cc([N+](=O)[O-])cc([N+](=O)[O-])c4)C2)C3(C)C)c1. The van der Waals surface area contributed by atoms with Crippen LogP contribution in [0.25, 0.3) is 0 Å². The summed E-state index contributed by atoms with van der Waals surface area (Å²) in [6, 6.07) is 8.42. The van der Waals surface area contributed by atoms with E-state index in [1.54, 1.807) is 0 Å². The van der Waals surface area contributed by atoms with Gasteiger partial charge in [0.2, 0.25) is 5.91 Å². The maximum Gasteiger partial charge on any atom is 0.366 e. The average Bonchev–Trinajstić information content (AvgIpc) is 3.15. The van der Waals surface area contributed by atoms with E-state index in [1.807, 2.05) is 52.8 Å². The number of hydrogen-bond donors (Lipinski definition) is 1. The van der Waals surface area contributed by atoms with Crippen molar-refractivity contribution in [3.8, 4) is 0 Å². The van der Waals surface area contributed by atoms with Gasteiger partial charge in [0.25, 0.3) is 11.4 Å². The summed E-state index contributed by atoms with van der Waals surface area (Å²) in [5.74, 6) is -1.18. The van der Waals surface area contributed by atoms with Crippen LogP contribution in [0.4, 0.5) is 17.1 Å². The number of nitro groups is 2. The fourth-order valence-corrected chi connectivity index (χ4v) is 5.71. The molecular weight excluding hydrogens is 480 g/mol. The van der Waals surface area contributed by atoms with E-state index >= 15 is 0 Å². The Morgan fingerprint density at radius 3 is 2.19 bits per heavy atom. The van der Waals surface area contributed by atoms with Crippen LogP contribution in [0.1, 0.15) is 61.5 Å². The van der Waals surface area contributed by atoms with Crippen molar-refractivity contribution in [1.29, 1.82) is 0 Å². The molecule has 4 rings (SSSR count). The predicted octanol–water partition coefficient (Wildman–Crippen LogP) is 5.49. The lowest BCUT2D eigenvalue weighted by molar-refractivity contribution is -0.394. The third-order valence-electron chi connectivity index (χ3n) is 8.61. The molecule has 2 aliphatic carbocycles. The van der Waals surface area contributed by atoms with Crippen molar-refractivity contribution in [3.05, 3.63) is 73.3 Å². The van der Waals surface area contributed by atoms with Crippen LogP contribution in [0.2, 0.25) is 0 Å². The predicted molar refractivity (Wildman–Crippen MR) is 135 cm³/mol. The van der Waals surface area contributed by atoms with Gasteiger partial charge in [-0.25, -0.2) is 4.79 Å². The van der Waals surface area contributed by atoms with Crippen LogP contribution in [0.15, 0.2) is 41.6 Å². The second kappa shape index (κ2) is 8.75. The number of benzene rings is 2. The molecule has 2 saturated carbocycles. The molecule has 11 nitrogen and oxygen atoms in total. The van der Waals surface area contributed by atoms with Gasteiger partial charge < -0.3 is 10.2 Å². The Kier molecular flexibility index (Phi) is 6.13. The largest absolute Gasteiger partial charge is 0.366 e. The zero-order chi connectivity index (χ0) is 27.3. The van der Waals surface area contributed by atoms with E-state index < -0.39 is 43.4 Å². The number of nitrogens with one attached hydrogen (secondary N) is 1. The van der Waals surface area contributed by atoms with E-state index in [4.69, 9.17) is 4.84 Å². The summed E-state index contributed by atoms with van der Waals surface area (Å²) in [7, 11) is 0. The first-order chi connectivity index (χ1) is 17.2. The summed E-state index contributed by atoms with van der Waals surface area (Å²) in [6.07, 6.45) is 1.56. The van der Waals surface area contributed by atoms with Crippen LogP contribution < -0.4 is 5.32 Å². The first-order valence-corrected chi connectivity index (χ1v) is 11.8. The van der Waals surface area contributed by atoms with Gasteiger partial charge in [-0.05, 0) is 49.3 Å². The number of oxime groups is 1. The van der Waals surface area contributed by atoms with Gasteiger partial charge >= 0.3 is 5.97 Å². The zero-order valence-electron chi connectivity index (χ0n) is 21.3. The summed E-state index contributed by atoms with van der Waals surface area (Å²) in [5, 5.41) is 29.5. The summed E-state index contributed by atoms with van der Waals surface area (Å²) in [6.45, 7) is 9.89. The van der Waals surface area contributed by atoms with Crippen molar-refractivity contribution < 1.29 is 24.3 Å². The number of non-ortho nitro benzene ring substituents is 2. The molecular formula is C26H28N4O7. The van der Waals surface area contributed by atoms with E-state index in [1.165, 1.54) is 0 Å². The van der Waals surface area contributed by atoms with Crippen LogP contribution in [0.3, 0.4) is 0 Å². The van der Waals surface area contributed by atoms with E-state index in [-0.39, 0.29) is 17.9 Å². The molecule has 0 heterocycles. The van der Waals surface area contributed by atoms with E-state index in [2.05, 4.69) is 10.5 Å². The summed E-state index contributed by atoms with van der Waals surface area (Å²) < 4.78 is 0. The molecule has 194 valence electrons. The molecule has 2 aromatic carbocycles.